The first-order chi connectivity index (χ1) is 6.54. The molecule has 0 atom stereocenters. The molecular weight excluding hydrogens is 206 g/mol. The van der Waals surface area contributed by atoms with Gasteiger partial charge < -0.3 is 9.17 Å². The molecule has 0 bridgehead atoms. The highest BCUT2D eigenvalue weighted by Crippen LogP contribution is 2.20. The standard InChI is InChI=1S/C8H7NO4S/c10-14(11,12)13-7-2-1-6-3-4-9-8(6)5-7/h1-5,9H,(H,10,11,12). The fraction of sp³-hybridized carbons (Fsp3) is 0. The van der Waals surface area contributed by atoms with Crippen LogP contribution >= 0.6 is 0 Å². The molecule has 6 heteroatoms. The second kappa shape index (κ2) is 3.00. The predicted molar refractivity (Wildman–Crippen MR) is 50.5 cm³/mol. The molecule has 0 radical (unpaired) electrons. The molecule has 0 aliphatic carbocycles. The van der Waals surface area contributed by atoms with Crippen molar-refractivity contribution in [3.8, 4) is 5.75 Å². The molecule has 0 unspecified atom stereocenters. The lowest BCUT2D eigenvalue weighted by Crippen LogP contribution is -2.06. The molecule has 0 aliphatic heterocycles. The molecule has 14 heavy (non-hydrogen) atoms. The summed E-state index contributed by atoms with van der Waals surface area (Å²) in [5.74, 6) is 0.0717. The molecule has 1 heterocycles. The van der Waals surface area contributed by atoms with Crippen molar-refractivity contribution in [2.45, 2.75) is 0 Å². The normalized spacial score (nSPS) is 11.8. The maximum absolute atomic E-state index is 10.4. The largest absolute Gasteiger partial charge is 0.446 e. The zero-order valence-corrected chi connectivity index (χ0v) is 7.78. The summed E-state index contributed by atoms with van der Waals surface area (Å²) < 4.78 is 33.5. The number of aromatic amines is 1. The van der Waals surface area contributed by atoms with Gasteiger partial charge in [-0.05, 0) is 23.6 Å². The Morgan fingerprint density at radius 2 is 2.07 bits per heavy atom. The zero-order valence-electron chi connectivity index (χ0n) is 6.97. The Balaban J connectivity index is 2.44. The monoisotopic (exact) mass is 213 g/mol. The van der Waals surface area contributed by atoms with E-state index in [2.05, 4.69) is 9.17 Å². The summed E-state index contributed by atoms with van der Waals surface area (Å²) in [6.45, 7) is 0. The highest BCUT2D eigenvalue weighted by Gasteiger charge is 2.07. The molecule has 0 saturated heterocycles. The van der Waals surface area contributed by atoms with Crippen LogP contribution in [0.15, 0.2) is 30.5 Å². The first-order valence-electron chi connectivity index (χ1n) is 3.79. The molecule has 0 saturated carbocycles. The number of H-pyrrole nitrogens is 1. The second-order valence-electron chi connectivity index (χ2n) is 2.74. The van der Waals surface area contributed by atoms with E-state index < -0.39 is 10.4 Å². The average Bonchev–Trinajstić information content (AvgIpc) is 2.47. The maximum Gasteiger partial charge on any atom is 0.446 e. The van der Waals surface area contributed by atoms with Crippen molar-refractivity contribution in [2.24, 2.45) is 0 Å². The van der Waals surface area contributed by atoms with Crippen molar-refractivity contribution in [3.05, 3.63) is 30.5 Å². The Kier molecular flexibility index (Phi) is 1.94. The summed E-state index contributed by atoms with van der Waals surface area (Å²) in [5, 5.41) is 0.938. The minimum Gasteiger partial charge on any atom is -0.362 e. The Morgan fingerprint density at radius 1 is 1.29 bits per heavy atom. The second-order valence-corrected chi connectivity index (χ2v) is 3.76. The van der Waals surface area contributed by atoms with Gasteiger partial charge >= 0.3 is 10.4 Å². The maximum atomic E-state index is 10.4. The number of aromatic nitrogens is 1. The molecule has 5 nitrogen and oxygen atoms in total. The molecule has 0 fully saturated rings. The Labute approximate surface area is 80.3 Å². The molecular formula is C8H7NO4S. The van der Waals surface area contributed by atoms with Gasteiger partial charge in [-0.2, -0.15) is 8.42 Å². The third-order valence-corrected chi connectivity index (χ3v) is 2.13. The van der Waals surface area contributed by atoms with Gasteiger partial charge in [0.05, 0.1) is 0 Å². The van der Waals surface area contributed by atoms with E-state index in [1.165, 1.54) is 12.1 Å². The Hall–Kier alpha value is -1.53. The lowest BCUT2D eigenvalue weighted by atomic mass is 10.2. The van der Waals surface area contributed by atoms with Crippen LogP contribution in [0.1, 0.15) is 0 Å². The van der Waals surface area contributed by atoms with Crippen LogP contribution in [-0.4, -0.2) is 18.0 Å². The minimum absolute atomic E-state index is 0.0717. The van der Waals surface area contributed by atoms with E-state index >= 15 is 0 Å². The minimum atomic E-state index is -4.44. The van der Waals surface area contributed by atoms with Gasteiger partial charge in [0, 0.05) is 17.8 Å². The number of rotatable bonds is 2. The highest BCUT2D eigenvalue weighted by molar-refractivity contribution is 7.81. The van der Waals surface area contributed by atoms with Gasteiger partial charge in [-0.25, -0.2) is 0 Å². The van der Waals surface area contributed by atoms with Crippen LogP contribution in [0.5, 0.6) is 5.75 Å². The van der Waals surface area contributed by atoms with Gasteiger partial charge in [-0.3, -0.25) is 4.55 Å². The van der Waals surface area contributed by atoms with Gasteiger partial charge in [0.2, 0.25) is 0 Å². The van der Waals surface area contributed by atoms with Crippen LogP contribution in [0.4, 0.5) is 0 Å². The van der Waals surface area contributed by atoms with Crippen LogP contribution < -0.4 is 4.18 Å². The molecule has 1 aromatic carbocycles. The summed E-state index contributed by atoms with van der Waals surface area (Å²) in [7, 11) is -4.44. The lowest BCUT2D eigenvalue weighted by Gasteiger charge is -2.00. The van der Waals surface area contributed by atoms with Crippen molar-refractivity contribution in [2.75, 3.05) is 0 Å². The van der Waals surface area contributed by atoms with Crippen molar-refractivity contribution in [3.63, 3.8) is 0 Å². The fourth-order valence-electron chi connectivity index (χ4n) is 1.20. The number of hydrogen-bond donors (Lipinski definition) is 2. The summed E-state index contributed by atoms with van der Waals surface area (Å²) in [6, 6.07) is 6.48. The van der Waals surface area contributed by atoms with Gasteiger partial charge in [0.15, 0.2) is 0 Å². The van der Waals surface area contributed by atoms with E-state index in [0.29, 0.717) is 0 Å². The summed E-state index contributed by atoms with van der Waals surface area (Å²) in [4.78, 5) is 2.89. The average molecular weight is 213 g/mol. The molecule has 74 valence electrons. The number of hydrogen-bond acceptors (Lipinski definition) is 3. The SMILES string of the molecule is O=S(=O)(O)Oc1ccc2cc[nH]c2c1. The third kappa shape index (κ3) is 1.86. The molecule has 0 amide bonds. The summed E-state index contributed by atoms with van der Waals surface area (Å²) in [6.07, 6.45) is 1.72. The van der Waals surface area contributed by atoms with Gasteiger partial charge in [0.1, 0.15) is 5.75 Å². The molecule has 2 N–H and O–H groups in total. The van der Waals surface area contributed by atoms with E-state index in [1.54, 1.807) is 12.3 Å². The van der Waals surface area contributed by atoms with E-state index in [-0.39, 0.29) is 5.75 Å². The van der Waals surface area contributed by atoms with Gasteiger partial charge in [-0.15, -0.1) is 0 Å². The van der Waals surface area contributed by atoms with Gasteiger partial charge in [0.25, 0.3) is 0 Å². The van der Waals surface area contributed by atoms with E-state index in [1.807, 2.05) is 6.07 Å². The smallest absolute Gasteiger partial charge is 0.362 e. The predicted octanol–water partition coefficient (Wildman–Crippen LogP) is 1.35. The van der Waals surface area contributed by atoms with E-state index in [4.69, 9.17) is 4.55 Å². The molecule has 1 aromatic heterocycles. The number of nitrogens with one attached hydrogen (secondary N) is 1. The van der Waals surface area contributed by atoms with Crippen LogP contribution in [0.25, 0.3) is 10.9 Å². The zero-order chi connectivity index (χ0) is 10.2. The number of fused-ring (bicyclic) bond motifs is 1. The van der Waals surface area contributed by atoms with Crippen molar-refractivity contribution < 1.29 is 17.2 Å². The van der Waals surface area contributed by atoms with Crippen molar-refractivity contribution >= 4 is 21.3 Å². The quantitative estimate of drug-likeness (QED) is 0.738. The number of benzene rings is 1. The highest BCUT2D eigenvalue weighted by atomic mass is 32.3. The first kappa shape index (κ1) is 9.04. The Morgan fingerprint density at radius 3 is 2.79 bits per heavy atom. The molecule has 2 aromatic rings. The van der Waals surface area contributed by atoms with Crippen LogP contribution in [0.2, 0.25) is 0 Å². The first-order valence-corrected chi connectivity index (χ1v) is 5.15. The molecule has 2 rings (SSSR count). The van der Waals surface area contributed by atoms with E-state index in [9.17, 15) is 8.42 Å². The molecule has 0 spiro atoms. The van der Waals surface area contributed by atoms with Crippen molar-refractivity contribution in [1.82, 2.24) is 4.98 Å². The van der Waals surface area contributed by atoms with Crippen LogP contribution in [-0.2, 0) is 10.4 Å². The Bertz CT molecular complexity index is 557. The van der Waals surface area contributed by atoms with Crippen LogP contribution in [0.3, 0.4) is 0 Å². The topological polar surface area (TPSA) is 79.4 Å². The van der Waals surface area contributed by atoms with Gasteiger partial charge in [-0.1, -0.05) is 0 Å². The lowest BCUT2D eigenvalue weighted by molar-refractivity contribution is 0.387. The van der Waals surface area contributed by atoms with Crippen molar-refractivity contribution in [1.29, 1.82) is 0 Å². The van der Waals surface area contributed by atoms with Crippen LogP contribution in [0, 0.1) is 0 Å². The summed E-state index contributed by atoms with van der Waals surface area (Å²) >= 11 is 0. The fourth-order valence-corrected chi connectivity index (χ4v) is 1.55. The molecule has 0 aliphatic rings. The third-order valence-electron chi connectivity index (χ3n) is 1.73. The van der Waals surface area contributed by atoms with E-state index in [0.717, 1.165) is 10.9 Å². The summed E-state index contributed by atoms with van der Waals surface area (Å²) in [5.41, 5.74) is 0.742.